The summed E-state index contributed by atoms with van der Waals surface area (Å²) in [5.41, 5.74) is 10.5. The quantitative estimate of drug-likeness (QED) is 0.252. The number of Topliss-reactive ketones (excluding diaryl/α,β-unsaturated/α-hetero) is 1. The molecule has 0 bridgehead atoms. The molecule has 5 heteroatoms. The van der Waals surface area contributed by atoms with E-state index in [1.165, 1.54) is 0 Å². The van der Waals surface area contributed by atoms with Crippen molar-refractivity contribution >= 4 is 11.7 Å². The lowest BCUT2D eigenvalue weighted by atomic mass is 10.0. The molecule has 0 amide bonds. The minimum absolute atomic E-state index is 0.0420. The van der Waals surface area contributed by atoms with Crippen molar-refractivity contribution in [2.24, 2.45) is 17.4 Å². The number of nitrogens with two attached hydrogens (primary N) is 2. The number of ketones is 1. The molecule has 0 spiro atoms. The second-order valence-electron chi connectivity index (χ2n) is 4.44. The van der Waals surface area contributed by atoms with Gasteiger partial charge < -0.3 is 0 Å². The fourth-order valence-electron chi connectivity index (χ4n) is 1.16. The van der Waals surface area contributed by atoms with Crippen LogP contribution in [0.5, 0.6) is 0 Å². The monoisotopic (exact) mass is 239 g/mol. The smallest absolute Gasteiger partial charge is 0.297 e. The third-order valence-corrected chi connectivity index (χ3v) is 1.98. The number of hydrogen-bond donors (Lipinski definition) is 4. The third-order valence-electron chi connectivity index (χ3n) is 1.98. The molecule has 0 aromatic heterocycles. The lowest BCUT2D eigenvalue weighted by Crippen LogP contribution is -2.77. The van der Waals surface area contributed by atoms with E-state index in [1.54, 1.807) is 0 Å². The summed E-state index contributed by atoms with van der Waals surface area (Å²) >= 11 is 0. The van der Waals surface area contributed by atoms with Crippen LogP contribution < -0.4 is 21.8 Å². The van der Waals surface area contributed by atoms with E-state index in [4.69, 9.17) is 11.5 Å². The van der Waals surface area contributed by atoms with Crippen molar-refractivity contribution in [2.75, 3.05) is 6.54 Å². The predicted octanol–water partition coefficient (Wildman–Crippen LogP) is -2.06. The largest absolute Gasteiger partial charge is 0.339 e. The minimum atomic E-state index is -0.434. The van der Waals surface area contributed by atoms with Gasteiger partial charge >= 0.3 is 5.96 Å². The topological polar surface area (TPSA) is 95.1 Å². The first kappa shape index (κ1) is 15.5. The molecular weight excluding hydrogens is 216 g/mol. The van der Waals surface area contributed by atoms with E-state index < -0.39 is 6.04 Å². The minimum Gasteiger partial charge on any atom is -0.297 e. The highest BCUT2D eigenvalue weighted by Crippen LogP contribution is 2.00. The van der Waals surface area contributed by atoms with Crippen LogP contribution in [0, 0.1) is 17.8 Å². The fraction of sp³-hybridized carbons (Fsp3) is 0.667. The molecule has 0 heterocycles. The van der Waals surface area contributed by atoms with Crippen LogP contribution in [0.4, 0.5) is 0 Å². The van der Waals surface area contributed by atoms with Crippen molar-refractivity contribution in [3.8, 4) is 11.8 Å². The van der Waals surface area contributed by atoms with Crippen LogP contribution in [-0.2, 0) is 4.79 Å². The summed E-state index contributed by atoms with van der Waals surface area (Å²) in [6.07, 6.45) is 0. The molecule has 0 rings (SSSR count). The third kappa shape index (κ3) is 7.36. The zero-order valence-corrected chi connectivity index (χ0v) is 11.0. The van der Waals surface area contributed by atoms with Gasteiger partial charge in [-0.3, -0.25) is 26.6 Å². The highest BCUT2D eigenvalue weighted by Gasteiger charge is 2.19. The Morgan fingerprint density at radius 1 is 1.29 bits per heavy atom. The lowest BCUT2D eigenvalue weighted by molar-refractivity contribution is -0.443. The first-order valence-corrected chi connectivity index (χ1v) is 5.74. The second-order valence-corrected chi connectivity index (χ2v) is 4.44. The van der Waals surface area contributed by atoms with Gasteiger partial charge in [0.25, 0.3) is 0 Å². The number of hydrogen-bond acceptors (Lipinski definition) is 2. The molecule has 0 radical (unpaired) electrons. The Labute approximate surface area is 103 Å². The molecule has 0 aliphatic heterocycles. The maximum Gasteiger partial charge on any atom is 0.339 e. The second kappa shape index (κ2) is 7.69. The van der Waals surface area contributed by atoms with E-state index in [-0.39, 0.29) is 23.7 Å². The zero-order valence-electron chi connectivity index (χ0n) is 11.0. The van der Waals surface area contributed by atoms with Crippen LogP contribution in [0.15, 0.2) is 0 Å². The van der Waals surface area contributed by atoms with Crippen molar-refractivity contribution in [3.63, 3.8) is 0 Å². The number of rotatable bonds is 5. The Morgan fingerprint density at radius 2 is 1.88 bits per heavy atom. The molecule has 1 unspecified atom stereocenters. The van der Waals surface area contributed by atoms with Gasteiger partial charge in [0.1, 0.15) is 12.6 Å². The van der Waals surface area contributed by atoms with Crippen molar-refractivity contribution < 1.29 is 9.79 Å². The highest BCUT2D eigenvalue weighted by atomic mass is 16.1. The summed E-state index contributed by atoms with van der Waals surface area (Å²) < 4.78 is 0. The van der Waals surface area contributed by atoms with E-state index in [0.717, 1.165) is 0 Å². The first-order chi connectivity index (χ1) is 7.84. The molecule has 0 aromatic rings. The summed E-state index contributed by atoms with van der Waals surface area (Å²) in [7, 11) is 0. The summed E-state index contributed by atoms with van der Waals surface area (Å²) in [5.74, 6) is 5.90. The molecule has 17 heavy (non-hydrogen) atoms. The molecule has 0 saturated carbocycles. The molecular formula is C12H23N4O+. The number of guanidine groups is 1. The molecule has 96 valence electrons. The lowest BCUT2D eigenvalue weighted by Gasteiger charge is -2.16. The Kier molecular flexibility index (Phi) is 6.99. The van der Waals surface area contributed by atoms with E-state index in [2.05, 4.69) is 22.2 Å². The average Bonchev–Trinajstić information content (AvgIpc) is 2.20. The zero-order chi connectivity index (χ0) is 13.4. The van der Waals surface area contributed by atoms with Gasteiger partial charge in [-0.1, -0.05) is 25.7 Å². The highest BCUT2D eigenvalue weighted by molar-refractivity contribution is 5.88. The number of nitrogens with one attached hydrogen (secondary N) is 2. The van der Waals surface area contributed by atoms with Gasteiger partial charge in [-0.15, -0.1) is 0 Å². The van der Waals surface area contributed by atoms with Crippen LogP contribution in [0.3, 0.4) is 0 Å². The van der Waals surface area contributed by atoms with Crippen molar-refractivity contribution in [2.45, 2.75) is 39.8 Å². The summed E-state index contributed by atoms with van der Waals surface area (Å²) in [4.78, 5) is 14.5. The van der Waals surface area contributed by atoms with Crippen molar-refractivity contribution in [1.82, 2.24) is 5.32 Å². The Morgan fingerprint density at radius 3 is 2.29 bits per heavy atom. The van der Waals surface area contributed by atoms with Gasteiger partial charge in [0.05, 0.1) is 0 Å². The Balaban J connectivity index is 4.59. The van der Waals surface area contributed by atoms with Crippen LogP contribution in [0.2, 0.25) is 0 Å². The summed E-state index contributed by atoms with van der Waals surface area (Å²) in [6.45, 7) is 8.02. The average molecular weight is 239 g/mol. The van der Waals surface area contributed by atoms with Gasteiger partial charge in [0.2, 0.25) is 0 Å². The maximum absolute atomic E-state index is 11.9. The summed E-state index contributed by atoms with van der Waals surface area (Å²) in [6, 6.07) is -0.230. The molecule has 0 aromatic carbocycles. The van der Waals surface area contributed by atoms with Gasteiger partial charge in [0, 0.05) is 12.0 Å². The molecule has 1 atom stereocenters. The van der Waals surface area contributed by atoms with Gasteiger partial charge in [-0.25, -0.2) is 0 Å². The van der Waals surface area contributed by atoms with Crippen molar-refractivity contribution in [1.29, 1.82) is 0 Å². The standard InChI is InChI=1S/C12H22N4O/c1-8(2)11(17)10(16-9(3)4)6-5-7-15-12(13)14/h8-10,16H,7H2,1-4H3,(H4,13,14,15)/p+1. The fourth-order valence-corrected chi connectivity index (χ4v) is 1.16. The van der Waals surface area contributed by atoms with Crippen LogP contribution >= 0.6 is 0 Å². The van der Waals surface area contributed by atoms with Gasteiger partial charge in [-0.05, 0) is 13.8 Å². The van der Waals surface area contributed by atoms with E-state index in [9.17, 15) is 4.79 Å². The van der Waals surface area contributed by atoms with Gasteiger partial charge in [0.15, 0.2) is 5.78 Å². The molecule has 0 aliphatic rings. The van der Waals surface area contributed by atoms with Crippen LogP contribution in [0.1, 0.15) is 27.7 Å². The molecule has 0 fully saturated rings. The van der Waals surface area contributed by atoms with Crippen molar-refractivity contribution in [3.05, 3.63) is 0 Å². The summed E-state index contributed by atoms with van der Waals surface area (Å²) in [5, 5.41) is 3.13. The Hall–Kier alpha value is -1.54. The van der Waals surface area contributed by atoms with E-state index in [1.807, 2.05) is 27.7 Å². The van der Waals surface area contributed by atoms with Crippen LogP contribution in [-0.4, -0.2) is 30.4 Å². The SMILES string of the molecule is CC(C)NC(C#CC[NH+]=C(N)N)C(=O)C(C)C. The van der Waals surface area contributed by atoms with Crippen LogP contribution in [0.25, 0.3) is 0 Å². The van der Waals surface area contributed by atoms with Gasteiger partial charge in [-0.2, -0.15) is 0 Å². The molecule has 0 aliphatic carbocycles. The predicted molar refractivity (Wildman–Crippen MR) is 68.9 cm³/mol. The number of carbonyl (C=O) groups is 1. The number of carbonyl (C=O) groups excluding carboxylic acids is 1. The first-order valence-electron chi connectivity index (χ1n) is 5.74. The molecule has 5 nitrogen and oxygen atoms in total. The normalized spacial score (nSPS) is 11.9. The molecule has 6 N–H and O–H groups in total. The van der Waals surface area contributed by atoms with E-state index in [0.29, 0.717) is 6.54 Å². The van der Waals surface area contributed by atoms with E-state index >= 15 is 0 Å². The molecule has 0 saturated heterocycles. The Bertz CT molecular complexity index is 332. The maximum atomic E-state index is 11.9.